The van der Waals surface area contributed by atoms with Gasteiger partial charge < -0.3 is 34.5 Å². The Hall–Kier alpha value is -3.34. The monoisotopic (exact) mass is 469 g/mol. The third-order valence-corrected chi connectivity index (χ3v) is 4.30. The van der Waals surface area contributed by atoms with E-state index in [2.05, 4.69) is 0 Å². The van der Waals surface area contributed by atoms with Gasteiger partial charge in [-0.2, -0.15) is 0 Å². The van der Waals surface area contributed by atoms with Crippen molar-refractivity contribution in [2.24, 2.45) is 5.73 Å². The molecule has 0 amide bonds. The molecule has 1 aromatic carbocycles. The lowest BCUT2D eigenvalue weighted by Crippen LogP contribution is -2.38. The van der Waals surface area contributed by atoms with E-state index in [-0.39, 0.29) is 31.1 Å². The number of rotatable bonds is 12. The summed E-state index contributed by atoms with van der Waals surface area (Å²) in [7, 11) is 0. The number of hydrogen-bond donors (Lipinski definition) is 2. The van der Waals surface area contributed by atoms with E-state index >= 15 is 0 Å². The van der Waals surface area contributed by atoms with E-state index in [0.29, 0.717) is 18.4 Å². The standard InChI is InChI=1S/C22H31NO10/c1-5-9-29-21(27)32-17-8-7-15(12-18(17)33-22(28)30-10-6-2)16(19(23)20(25)26)11-13(3)31-14(4)24/h7-8,12-13,16,19H,5-6,9-11,23H2,1-4H3,(H,25,26)/t13?,16?,19-/m0/s1. The molecule has 0 aromatic heterocycles. The van der Waals surface area contributed by atoms with Crippen molar-refractivity contribution < 1.29 is 48.0 Å². The zero-order valence-corrected chi connectivity index (χ0v) is 19.2. The summed E-state index contributed by atoms with van der Waals surface area (Å²) in [5.41, 5.74) is 6.24. The molecule has 0 aliphatic rings. The summed E-state index contributed by atoms with van der Waals surface area (Å²) in [5, 5.41) is 9.45. The average molecular weight is 469 g/mol. The third-order valence-electron chi connectivity index (χ3n) is 4.30. The number of carbonyl (C=O) groups excluding carboxylic acids is 3. The van der Waals surface area contributed by atoms with Crippen LogP contribution in [0.5, 0.6) is 11.5 Å². The number of carboxylic acid groups (broad SMARTS) is 1. The summed E-state index contributed by atoms with van der Waals surface area (Å²) < 4.78 is 25.2. The van der Waals surface area contributed by atoms with Crippen LogP contribution < -0.4 is 15.2 Å². The van der Waals surface area contributed by atoms with Crippen molar-refractivity contribution in [1.29, 1.82) is 0 Å². The molecule has 0 saturated carbocycles. The highest BCUT2D eigenvalue weighted by Gasteiger charge is 2.30. The fourth-order valence-electron chi connectivity index (χ4n) is 2.88. The molecule has 184 valence electrons. The summed E-state index contributed by atoms with van der Waals surface area (Å²) in [4.78, 5) is 46.7. The van der Waals surface area contributed by atoms with Crippen LogP contribution >= 0.6 is 0 Å². The molecule has 0 aliphatic carbocycles. The number of aliphatic carboxylic acids is 1. The van der Waals surface area contributed by atoms with Crippen molar-refractivity contribution in [2.75, 3.05) is 13.2 Å². The van der Waals surface area contributed by atoms with Gasteiger partial charge in [0, 0.05) is 12.8 Å². The molecule has 33 heavy (non-hydrogen) atoms. The van der Waals surface area contributed by atoms with Gasteiger partial charge in [-0.05, 0) is 43.9 Å². The zero-order chi connectivity index (χ0) is 25.0. The van der Waals surface area contributed by atoms with Crippen molar-refractivity contribution in [2.45, 2.75) is 65.0 Å². The second kappa shape index (κ2) is 13.9. The summed E-state index contributed by atoms with van der Waals surface area (Å²) in [5.74, 6) is -2.95. The number of benzene rings is 1. The minimum absolute atomic E-state index is 0.0749. The summed E-state index contributed by atoms with van der Waals surface area (Å²) >= 11 is 0. The second-order valence-electron chi connectivity index (χ2n) is 7.23. The Balaban J connectivity index is 3.30. The van der Waals surface area contributed by atoms with Crippen LogP contribution in [0, 0.1) is 0 Å². The van der Waals surface area contributed by atoms with Crippen molar-refractivity contribution in [3.63, 3.8) is 0 Å². The highest BCUT2D eigenvalue weighted by atomic mass is 16.7. The molecule has 0 bridgehead atoms. The normalized spacial score (nSPS) is 13.2. The van der Waals surface area contributed by atoms with Crippen LogP contribution in [0.3, 0.4) is 0 Å². The first-order chi connectivity index (χ1) is 15.6. The molecule has 3 atom stereocenters. The number of carboxylic acids is 1. The van der Waals surface area contributed by atoms with Gasteiger partial charge in [0.1, 0.15) is 6.04 Å². The molecular formula is C22H31NO10. The van der Waals surface area contributed by atoms with Crippen molar-refractivity contribution in [3.05, 3.63) is 23.8 Å². The number of nitrogens with two attached hydrogens (primary N) is 1. The lowest BCUT2D eigenvalue weighted by molar-refractivity contribution is -0.146. The third kappa shape index (κ3) is 9.77. The van der Waals surface area contributed by atoms with Gasteiger partial charge in [-0.15, -0.1) is 0 Å². The van der Waals surface area contributed by atoms with E-state index in [1.54, 1.807) is 13.8 Å². The molecule has 3 N–H and O–H groups in total. The number of esters is 1. The van der Waals surface area contributed by atoms with Gasteiger partial charge in [0.15, 0.2) is 11.5 Å². The average Bonchev–Trinajstić information content (AvgIpc) is 2.74. The largest absolute Gasteiger partial charge is 0.513 e. The van der Waals surface area contributed by atoms with Gasteiger partial charge in [0.05, 0.1) is 19.3 Å². The molecule has 1 aromatic rings. The Morgan fingerprint density at radius 3 is 2.00 bits per heavy atom. The van der Waals surface area contributed by atoms with Crippen molar-refractivity contribution in [1.82, 2.24) is 0 Å². The number of carbonyl (C=O) groups is 4. The molecular weight excluding hydrogens is 438 g/mol. The predicted octanol–water partition coefficient (Wildman–Crippen LogP) is 3.37. The molecule has 0 saturated heterocycles. The maximum Gasteiger partial charge on any atom is 0.513 e. The lowest BCUT2D eigenvalue weighted by atomic mass is 9.87. The molecule has 0 heterocycles. The Kier molecular flexibility index (Phi) is 11.7. The molecule has 0 aliphatic heterocycles. The first kappa shape index (κ1) is 27.7. The van der Waals surface area contributed by atoms with Crippen LogP contribution in [0.15, 0.2) is 18.2 Å². The second-order valence-corrected chi connectivity index (χ2v) is 7.23. The van der Waals surface area contributed by atoms with Gasteiger partial charge in [0.2, 0.25) is 0 Å². The molecule has 11 heteroatoms. The number of hydrogen-bond acceptors (Lipinski definition) is 10. The fourth-order valence-corrected chi connectivity index (χ4v) is 2.88. The quantitative estimate of drug-likeness (QED) is 0.262. The Morgan fingerprint density at radius 2 is 1.52 bits per heavy atom. The highest BCUT2D eigenvalue weighted by molar-refractivity contribution is 5.75. The maximum absolute atomic E-state index is 12.0. The molecule has 0 spiro atoms. The number of ether oxygens (including phenoxy) is 5. The van der Waals surface area contributed by atoms with Crippen LogP contribution in [0.25, 0.3) is 0 Å². The summed E-state index contributed by atoms with van der Waals surface area (Å²) in [6.45, 7) is 6.69. The molecule has 1 rings (SSSR count). The van der Waals surface area contributed by atoms with Crippen LogP contribution in [0.1, 0.15) is 58.4 Å². The minimum atomic E-state index is -1.36. The predicted molar refractivity (Wildman–Crippen MR) is 115 cm³/mol. The van der Waals surface area contributed by atoms with Gasteiger partial charge >= 0.3 is 24.2 Å². The van der Waals surface area contributed by atoms with E-state index in [4.69, 9.17) is 29.4 Å². The lowest BCUT2D eigenvalue weighted by Gasteiger charge is -2.25. The minimum Gasteiger partial charge on any atom is -0.480 e. The Morgan fingerprint density at radius 1 is 0.970 bits per heavy atom. The molecule has 2 unspecified atom stereocenters. The first-order valence-corrected chi connectivity index (χ1v) is 10.6. The smallest absolute Gasteiger partial charge is 0.480 e. The van der Waals surface area contributed by atoms with E-state index in [0.717, 1.165) is 0 Å². The molecule has 0 fully saturated rings. The SMILES string of the molecule is CCCOC(=O)Oc1ccc(C(CC(C)OC(C)=O)[C@H](N)C(=O)O)cc1OC(=O)OCCC. The molecule has 0 radical (unpaired) electrons. The first-order valence-electron chi connectivity index (χ1n) is 10.6. The van der Waals surface area contributed by atoms with Gasteiger partial charge in [-0.25, -0.2) is 9.59 Å². The topological polar surface area (TPSA) is 161 Å². The van der Waals surface area contributed by atoms with Gasteiger partial charge in [-0.3, -0.25) is 9.59 Å². The van der Waals surface area contributed by atoms with Crippen molar-refractivity contribution >= 4 is 24.2 Å². The Bertz CT molecular complexity index is 825. The van der Waals surface area contributed by atoms with Gasteiger partial charge in [-0.1, -0.05) is 19.9 Å². The van der Waals surface area contributed by atoms with Crippen LogP contribution in [0.2, 0.25) is 0 Å². The van der Waals surface area contributed by atoms with Crippen LogP contribution in [-0.4, -0.2) is 54.7 Å². The van der Waals surface area contributed by atoms with Crippen molar-refractivity contribution in [3.8, 4) is 11.5 Å². The fraction of sp³-hybridized carbons (Fsp3) is 0.545. The van der Waals surface area contributed by atoms with E-state index in [1.807, 2.05) is 6.92 Å². The maximum atomic E-state index is 12.0. The highest BCUT2D eigenvalue weighted by Crippen LogP contribution is 2.35. The van der Waals surface area contributed by atoms with E-state index < -0.39 is 42.3 Å². The van der Waals surface area contributed by atoms with E-state index in [1.165, 1.54) is 25.1 Å². The summed E-state index contributed by atoms with van der Waals surface area (Å²) in [6.07, 6.45) is -1.46. The zero-order valence-electron chi connectivity index (χ0n) is 19.2. The van der Waals surface area contributed by atoms with Gasteiger partial charge in [0.25, 0.3) is 0 Å². The molecule has 11 nitrogen and oxygen atoms in total. The summed E-state index contributed by atoms with van der Waals surface area (Å²) in [6, 6.07) is 2.76. The Labute approximate surface area is 192 Å². The van der Waals surface area contributed by atoms with Crippen LogP contribution in [-0.2, 0) is 23.8 Å². The van der Waals surface area contributed by atoms with Crippen LogP contribution in [0.4, 0.5) is 9.59 Å². The van der Waals surface area contributed by atoms with E-state index in [9.17, 15) is 24.3 Å².